The van der Waals surface area contributed by atoms with Gasteiger partial charge in [0, 0.05) is 38.0 Å². The Labute approximate surface area is 180 Å². The number of anilines is 1. The van der Waals surface area contributed by atoms with E-state index in [1.807, 2.05) is 0 Å². The van der Waals surface area contributed by atoms with Crippen molar-refractivity contribution < 1.29 is 0 Å². The number of nitrogens with zero attached hydrogens (tertiary/aromatic N) is 3. The first kappa shape index (κ1) is 20.7. The molecule has 2 aliphatic rings. The number of nitrogens with one attached hydrogen (secondary N) is 1. The van der Waals surface area contributed by atoms with Crippen molar-refractivity contribution in [2.75, 3.05) is 50.7 Å². The summed E-state index contributed by atoms with van der Waals surface area (Å²) in [4.78, 5) is 11.1. The van der Waals surface area contributed by atoms with E-state index in [0.717, 1.165) is 50.4 Å². The van der Waals surface area contributed by atoms with Crippen LogP contribution in [0.3, 0.4) is 0 Å². The number of benzene rings is 1. The molecule has 2 saturated heterocycles. The van der Waals surface area contributed by atoms with Crippen LogP contribution in [0.5, 0.6) is 0 Å². The Morgan fingerprint density at radius 1 is 0.966 bits per heavy atom. The first-order valence-electron chi connectivity index (χ1n) is 11.4. The first-order chi connectivity index (χ1) is 14.3. The SMILES string of the molecule is S=C(CCCN1CCCCCC1)Cc1ccc2nc(N3CCNCC3)ccc2c1. The molecule has 2 aromatic rings. The highest BCUT2D eigenvalue weighted by atomic mass is 32.1. The summed E-state index contributed by atoms with van der Waals surface area (Å²) in [5.41, 5.74) is 2.39. The van der Waals surface area contributed by atoms with Gasteiger partial charge in [-0.05, 0) is 80.0 Å². The number of fused-ring (bicyclic) bond motifs is 1. The fraction of sp³-hybridized carbons (Fsp3) is 0.583. The Kier molecular flexibility index (Phi) is 7.47. The number of aromatic nitrogens is 1. The summed E-state index contributed by atoms with van der Waals surface area (Å²) in [5.74, 6) is 1.09. The summed E-state index contributed by atoms with van der Waals surface area (Å²) >= 11 is 5.71. The molecule has 1 aromatic heterocycles. The van der Waals surface area contributed by atoms with Gasteiger partial charge in [0.05, 0.1) is 5.52 Å². The average molecular weight is 411 g/mol. The fourth-order valence-electron chi connectivity index (χ4n) is 4.52. The minimum absolute atomic E-state index is 0.908. The third-order valence-electron chi connectivity index (χ3n) is 6.21. The monoisotopic (exact) mass is 410 g/mol. The molecule has 2 fully saturated rings. The summed E-state index contributed by atoms with van der Waals surface area (Å²) in [6, 6.07) is 11.0. The van der Waals surface area contributed by atoms with E-state index in [9.17, 15) is 0 Å². The third kappa shape index (κ3) is 5.97. The Hall–Kier alpha value is -1.56. The van der Waals surface area contributed by atoms with E-state index in [0.29, 0.717) is 0 Å². The van der Waals surface area contributed by atoms with Gasteiger partial charge in [0.1, 0.15) is 5.82 Å². The lowest BCUT2D eigenvalue weighted by Gasteiger charge is -2.28. The van der Waals surface area contributed by atoms with Gasteiger partial charge in [0.2, 0.25) is 0 Å². The maximum atomic E-state index is 5.71. The van der Waals surface area contributed by atoms with E-state index in [2.05, 4.69) is 45.4 Å². The van der Waals surface area contributed by atoms with Crippen molar-refractivity contribution in [2.24, 2.45) is 0 Å². The van der Waals surface area contributed by atoms with Crippen LogP contribution in [0, 0.1) is 0 Å². The van der Waals surface area contributed by atoms with Gasteiger partial charge in [-0.15, -0.1) is 0 Å². The average Bonchev–Trinajstić information content (AvgIpc) is 3.03. The summed E-state index contributed by atoms with van der Waals surface area (Å²) < 4.78 is 0. The standard InChI is InChI=1S/C24H34N4S/c29-22(6-5-15-27-13-3-1-2-4-14-27)19-20-7-9-23-21(18-20)8-10-24(26-23)28-16-11-25-12-17-28/h7-10,18,25H,1-6,11-17,19H2. The molecule has 0 atom stereocenters. The molecule has 0 aliphatic carbocycles. The lowest BCUT2D eigenvalue weighted by Crippen LogP contribution is -2.43. The van der Waals surface area contributed by atoms with Crippen molar-refractivity contribution in [2.45, 2.75) is 44.9 Å². The number of rotatable bonds is 7. The minimum Gasteiger partial charge on any atom is -0.354 e. The van der Waals surface area contributed by atoms with Gasteiger partial charge in [-0.25, -0.2) is 4.98 Å². The van der Waals surface area contributed by atoms with E-state index < -0.39 is 0 Å². The van der Waals surface area contributed by atoms with Crippen LogP contribution in [0.2, 0.25) is 0 Å². The largest absolute Gasteiger partial charge is 0.354 e. The molecule has 3 heterocycles. The maximum absolute atomic E-state index is 5.71. The van der Waals surface area contributed by atoms with E-state index in [4.69, 9.17) is 17.2 Å². The van der Waals surface area contributed by atoms with Crippen molar-refractivity contribution in [3.05, 3.63) is 35.9 Å². The lowest BCUT2D eigenvalue weighted by atomic mass is 10.0. The molecule has 4 nitrogen and oxygen atoms in total. The second-order valence-corrected chi connectivity index (χ2v) is 9.09. The van der Waals surface area contributed by atoms with Gasteiger partial charge in [-0.1, -0.05) is 31.1 Å². The van der Waals surface area contributed by atoms with Gasteiger partial charge >= 0.3 is 0 Å². The molecular formula is C24H34N4S. The second kappa shape index (κ2) is 10.5. The van der Waals surface area contributed by atoms with E-state index in [1.54, 1.807) is 0 Å². The molecule has 156 valence electrons. The topological polar surface area (TPSA) is 31.4 Å². The van der Waals surface area contributed by atoms with Crippen LogP contribution in [0.1, 0.15) is 44.1 Å². The smallest absolute Gasteiger partial charge is 0.129 e. The number of likely N-dealkylation sites (tertiary alicyclic amines) is 1. The van der Waals surface area contributed by atoms with Gasteiger partial charge in [-0.2, -0.15) is 0 Å². The van der Waals surface area contributed by atoms with Gasteiger partial charge in [0.25, 0.3) is 0 Å². The van der Waals surface area contributed by atoms with Crippen LogP contribution in [-0.4, -0.2) is 60.6 Å². The molecule has 0 radical (unpaired) electrons. The summed E-state index contributed by atoms with van der Waals surface area (Å²) in [5, 5.41) is 4.62. The zero-order valence-corrected chi connectivity index (χ0v) is 18.4. The van der Waals surface area contributed by atoms with E-state index >= 15 is 0 Å². The van der Waals surface area contributed by atoms with Gasteiger partial charge < -0.3 is 15.1 Å². The summed E-state index contributed by atoms with van der Waals surface area (Å²) in [6.45, 7) is 7.89. The highest BCUT2D eigenvalue weighted by molar-refractivity contribution is 7.80. The highest BCUT2D eigenvalue weighted by Gasteiger charge is 2.12. The summed E-state index contributed by atoms with van der Waals surface area (Å²) in [6.07, 6.45) is 8.71. The number of pyridine rings is 1. The van der Waals surface area contributed by atoms with Crippen LogP contribution >= 0.6 is 12.2 Å². The van der Waals surface area contributed by atoms with E-state index in [-0.39, 0.29) is 0 Å². The fourth-order valence-corrected chi connectivity index (χ4v) is 4.83. The zero-order chi connectivity index (χ0) is 19.9. The Balaban J connectivity index is 1.30. The van der Waals surface area contributed by atoms with Gasteiger partial charge in [-0.3, -0.25) is 0 Å². The number of hydrogen-bond donors (Lipinski definition) is 1. The van der Waals surface area contributed by atoms with Crippen LogP contribution < -0.4 is 10.2 Å². The molecule has 4 rings (SSSR count). The maximum Gasteiger partial charge on any atom is 0.129 e. The van der Waals surface area contributed by atoms with Crippen LogP contribution in [0.15, 0.2) is 30.3 Å². The second-order valence-electron chi connectivity index (χ2n) is 8.51. The molecule has 29 heavy (non-hydrogen) atoms. The quantitative estimate of drug-likeness (QED) is 0.691. The molecule has 1 N–H and O–H groups in total. The van der Waals surface area contributed by atoms with Crippen molar-refractivity contribution in [3.8, 4) is 0 Å². The molecule has 2 aliphatic heterocycles. The lowest BCUT2D eigenvalue weighted by molar-refractivity contribution is 0.283. The molecular weight excluding hydrogens is 376 g/mol. The van der Waals surface area contributed by atoms with Crippen LogP contribution in [0.4, 0.5) is 5.82 Å². The normalized spacial score (nSPS) is 18.7. The zero-order valence-electron chi connectivity index (χ0n) is 17.5. The Morgan fingerprint density at radius 3 is 2.55 bits per heavy atom. The molecule has 0 saturated carbocycles. The number of thiocarbonyl (C=S) groups is 1. The number of hydrogen-bond acceptors (Lipinski definition) is 5. The van der Waals surface area contributed by atoms with Crippen molar-refractivity contribution >= 4 is 33.8 Å². The molecule has 0 unspecified atom stereocenters. The predicted molar refractivity (Wildman–Crippen MR) is 127 cm³/mol. The molecule has 0 amide bonds. The molecule has 0 spiro atoms. The minimum atomic E-state index is 0.908. The van der Waals surface area contributed by atoms with E-state index in [1.165, 1.54) is 67.6 Å². The molecule has 5 heteroatoms. The Bertz CT molecular complexity index is 808. The van der Waals surface area contributed by atoms with Crippen molar-refractivity contribution in [1.29, 1.82) is 0 Å². The summed E-state index contributed by atoms with van der Waals surface area (Å²) in [7, 11) is 0. The van der Waals surface area contributed by atoms with Crippen LogP contribution in [0.25, 0.3) is 10.9 Å². The predicted octanol–water partition coefficient (Wildman–Crippen LogP) is 4.21. The highest BCUT2D eigenvalue weighted by Crippen LogP contribution is 2.21. The third-order valence-corrected chi connectivity index (χ3v) is 6.56. The van der Waals surface area contributed by atoms with Gasteiger partial charge in [0.15, 0.2) is 0 Å². The number of piperazine rings is 1. The van der Waals surface area contributed by atoms with Crippen molar-refractivity contribution in [1.82, 2.24) is 15.2 Å². The van der Waals surface area contributed by atoms with Crippen LogP contribution in [-0.2, 0) is 6.42 Å². The molecule has 1 aromatic carbocycles. The van der Waals surface area contributed by atoms with Crippen molar-refractivity contribution in [3.63, 3.8) is 0 Å². The molecule has 0 bridgehead atoms. The Morgan fingerprint density at radius 2 is 1.76 bits per heavy atom. The first-order valence-corrected chi connectivity index (χ1v) is 11.8.